The molecule has 0 amide bonds. The van der Waals surface area contributed by atoms with E-state index in [0.29, 0.717) is 6.04 Å². The van der Waals surface area contributed by atoms with Gasteiger partial charge in [-0.05, 0) is 32.4 Å². The monoisotopic (exact) mass is 273 g/mol. The summed E-state index contributed by atoms with van der Waals surface area (Å²) in [5.74, 6) is 0. The Bertz CT molecular complexity index is 509. The predicted molar refractivity (Wildman–Crippen MR) is 81.1 cm³/mol. The van der Waals surface area contributed by atoms with Crippen molar-refractivity contribution in [2.75, 3.05) is 13.7 Å². The maximum Gasteiger partial charge on any atom is 0.0645 e. The van der Waals surface area contributed by atoms with Crippen LogP contribution < -0.4 is 5.32 Å². The average Bonchev–Trinajstić information content (AvgIpc) is 2.96. The second-order valence-electron chi connectivity index (χ2n) is 5.12. The van der Waals surface area contributed by atoms with Crippen molar-refractivity contribution < 1.29 is 4.74 Å². The van der Waals surface area contributed by atoms with Gasteiger partial charge in [0.05, 0.1) is 11.9 Å². The number of hydrogen-bond donors (Lipinski definition) is 1. The lowest BCUT2D eigenvalue weighted by Gasteiger charge is -2.18. The molecule has 108 valence electrons. The highest BCUT2D eigenvalue weighted by Crippen LogP contribution is 2.15. The van der Waals surface area contributed by atoms with E-state index in [1.54, 1.807) is 7.11 Å². The molecule has 1 heterocycles. The number of benzene rings is 1. The van der Waals surface area contributed by atoms with Crippen molar-refractivity contribution >= 4 is 0 Å². The molecular formula is C16H23N3O. The number of para-hydroxylation sites is 1. The minimum atomic E-state index is 0.277. The fourth-order valence-electron chi connectivity index (χ4n) is 2.18. The van der Waals surface area contributed by atoms with Crippen LogP contribution in [0.25, 0.3) is 5.69 Å². The second-order valence-corrected chi connectivity index (χ2v) is 5.12. The summed E-state index contributed by atoms with van der Waals surface area (Å²) in [6.07, 6.45) is 5.01. The van der Waals surface area contributed by atoms with E-state index in [9.17, 15) is 0 Å². The maximum atomic E-state index is 5.11. The van der Waals surface area contributed by atoms with E-state index in [0.717, 1.165) is 18.7 Å². The van der Waals surface area contributed by atoms with Gasteiger partial charge in [0.2, 0.25) is 0 Å². The van der Waals surface area contributed by atoms with Crippen LogP contribution in [0.4, 0.5) is 0 Å². The molecule has 2 aromatic rings. The van der Waals surface area contributed by atoms with E-state index in [1.165, 1.54) is 5.56 Å². The van der Waals surface area contributed by atoms with Crippen molar-refractivity contribution in [1.29, 1.82) is 0 Å². The minimum absolute atomic E-state index is 0.277. The first kappa shape index (κ1) is 14.8. The Kier molecular flexibility index (Phi) is 5.32. The predicted octanol–water partition coefficient (Wildman–Crippen LogP) is 2.95. The third kappa shape index (κ3) is 3.92. The molecular weight excluding hydrogens is 250 g/mol. The smallest absolute Gasteiger partial charge is 0.0645 e. The van der Waals surface area contributed by atoms with E-state index >= 15 is 0 Å². The highest BCUT2D eigenvalue weighted by molar-refractivity contribution is 5.31. The number of rotatable bonds is 7. The summed E-state index contributed by atoms with van der Waals surface area (Å²) in [7, 11) is 1.74. The maximum absolute atomic E-state index is 5.11. The largest absolute Gasteiger partial charge is 0.385 e. The van der Waals surface area contributed by atoms with Crippen LogP contribution >= 0.6 is 0 Å². The van der Waals surface area contributed by atoms with Crippen molar-refractivity contribution in [3.63, 3.8) is 0 Å². The van der Waals surface area contributed by atoms with Gasteiger partial charge in [-0.2, -0.15) is 5.10 Å². The van der Waals surface area contributed by atoms with Gasteiger partial charge in [-0.1, -0.05) is 18.2 Å². The quantitative estimate of drug-likeness (QED) is 0.843. The molecule has 0 saturated carbocycles. The summed E-state index contributed by atoms with van der Waals surface area (Å²) in [6.45, 7) is 5.12. The highest BCUT2D eigenvalue weighted by Gasteiger charge is 2.11. The SMILES string of the molecule is COCCC(C)NC(C)c1cnn(-c2ccccc2)c1. The Morgan fingerprint density at radius 3 is 2.70 bits per heavy atom. The molecule has 4 heteroatoms. The summed E-state index contributed by atoms with van der Waals surface area (Å²) in [6, 6.07) is 10.8. The zero-order valence-electron chi connectivity index (χ0n) is 12.4. The van der Waals surface area contributed by atoms with E-state index < -0.39 is 0 Å². The number of methoxy groups -OCH3 is 1. The van der Waals surface area contributed by atoms with E-state index in [4.69, 9.17) is 4.74 Å². The normalized spacial score (nSPS) is 14.2. The van der Waals surface area contributed by atoms with Gasteiger partial charge in [-0.3, -0.25) is 0 Å². The lowest BCUT2D eigenvalue weighted by atomic mass is 10.1. The van der Waals surface area contributed by atoms with Gasteiger partial charge < -0.3 is 10.1 Å². The molecule has 1 aromatic carbocycles. The first-order valence-electron chi connectivity index (χ1n) is 7.05. The first-order chi connectivity index (χ1) is 9.70. The molecule has 0 saturated heterocycles. The molecule has 1 N–H and O–H groups in total. The van der Waals surface area contributed by atoms with Crippen LogP contribution in [0.15, 0.2) is 42.7 Å². The summed E-state index contributed by atoms with van der Waals surface area (Å²) >= 11 is 0. The van der Waals surface area contributed by atoms with Crippen LogP contribution in [0.5, 0.6) is 0 Å². The molecule has 0 aliphatic heterocycles. The minimum Gasteiger partial charge on any atom is -0.385 e. The fourth-order valence-corrected chi connectivity index (χ4v) is 2.18. The van der Waals surface area contributed by atoms with Gasteiger partial charge >= 0.3 is 0 Å². The van der Waals surface area contributed by atoms with Crippen molar-refractivity contribution in [3.05, 3.63) is 48.3 Å². The van der Waals surface area contributed by atoms with Crippen molar-refractivity contribution in [1.82, 2.24) is 15.1 Å². The highest BCUT2D eigenvalue weighted by atomic mass is 16.5. The zero-order chi connectivity index (χ0) is 14.4. The lowest BCUT2D eigenvalue weighted by Crippen LogP contribution is -2.29. The molecule has 1 aromatic heterocycles. The van der Waals surface area contributed by atoms with Gasteiger partial charge in [0.1, 0.15) is 0 Å². The molecule has 0 bridgehead atoms. The van der Waals surface area contributed by atoms with Gasteiger partial charge in [-0.15, -0.1) is 0 Å². The zero-order valence-corrected chi connectivity index (χ0v) is 12.4. The standard InChI is InChI=1S/C16H23N3O/c1-13(9-10-20-3)18-14(2)15-11-17-19(12-15)16-7-5-4-6-8-16/h4-8,11-14,18H,9-10H2,1-3H3. The molecule has 20 heavy (non-hydrogen) atoms. The summed E-state index contributed by atoms with van der Waals surface area (Å²) in [4.78, 5) is 0. The molecule has 4 nitrogen and oxygen atoms in total. The number of hydrogen-bond acceptors (Lipinski definition) is 3. The van der Waals surface area contributed by atoms with Gasteiger partial charge in [-0.25, -0.2) is 4.68 Å². The molecule has 0 spiro atoms. The van der Waals surface area contributed by atoms with Crippen LogP contribution in [0.3, 0.4) is 0 Å². The van der Waals surface area contributed by atoms with Crippen molar-refractivity contribution in [2.24, 2.45) is 0 Å². The van der Waals surface area contributed by atoms with Crippen LogP contribution in [-0.2, 0) is 4.74 Å². The number of ether oxygens (including phenoxy) is 1. The van der Waals surface area contributed by atoms with E-state index in [2.05, 4.69) is 42.6 Å². The molecule has 2 rings (SSSR count). The van der Waals surface area contributed by atoms with Gasteiger partial charge in [0, 0.05) is 37.6 Å². The fraction of sp³-hybridized carbons (Fsp3) is 0.438. The Hall–Kier alpha value is -1.65. The molecule has 0 aliphatic carbocycles. The summed E-state index contributed by atoms with van der Waals surface area (Å²) in [5.41, 5.74) is 2.27. The van der Waals surface area contributed by atoms with Crippen LogP contribution in [0.2, 0.25) is 0 Å². The molecule has 0 fully saturated rings. The molecule has 2 unspecified atom stereocenters. The van der Waals surface area contributed by atoms with E-state index in [1.807, 2.05) is 29.1 Å². The third-order valence-electron chi connectivity index (χ3n) is 3.41. The Balaban J connectivity index is 1.98. The van der Waals surface area contributed by atoms with Crippen LogP contribution in [-0.4, -0.2) is 29.5 Å². The van der Waals surface area contributed by atoms with Gasteiger partial charge in [0.25, 0.3) is 0 Å². The Morgan fingerprint density at radius 1 is 1.25 bits per heavy atom. The Morgan fingerprint density at radius 2 is 2.00 bits per heavy atom. The number of nitrogens with one attached hydrogen (secondary N) is 1. The summed E-state index contributed by atoms with van der Waals surface area (Å²) in [5, 5.41) is 7.99. The van der Waals surface area contributed by atoms with Crippen molar-refractivity contribution in [2.45, 2.75) is 32.4 Å². The average molecular weight is 273 g/mol. The Labute approximate surface area is 120 Å². The topological polar surface area (TPSA) is 39.1 Å². The van der Waals surface area contributed by atoms with E-state index in [-0.39, 0.29) is 6.04 Å². The third-order valence-corrected chi connectivity index (χ3v) is 3.41. The second kappa shape index (κ2) is 7.22. The number of aromatic nitrogens is 2. The molecule has 0 aliphatic rings. The molecule has 0 radical (unpaired) electrons. The van der Waals surface area contributed by atoms with Crippen molar-refractivity contribution in [3.8, 4) is 5.69 Å². The summed E-state index contributed by atoms with van der Waals surface area (Å²) < 4.78 is 7.02. The molecule has 2 atom stereocenters. The van der Waals surface area contributed by atoms with Crippen LogP contribution in [0, 0.1) is 0 Å². The number of nitrogens with zero attached hydrogens (tertiary/aromatic N) is 2. The van der Waals surface area contributed by atoms with Crippen LogP contribution in [0.1, 0.15) is 31.9 Å². The lowest BCUT2D eigenvalue weighted by molar-refractivity contribution is 0.183. The van der Waals surface area contributed by atoms with Gasteiger partial charge in [0.15, 0.2) is 0 Å². The first-order valence-corrected chi connectivity index (χ1v) is 7.05.